The zero-order valence-corrected chi connectivity index (χ0v) is 14.1. The summed E-state index contributed by atoms with van der Waals surface area (Å²) in [6.45, 7) is 3.81. The van der Waals surface area contributed by atoms with Gasteiger partial charge < -0.3 is 14.4 Å². The van der Waals surface area contributed by atoms with Crippen LogP contribution in [0, 0.1) is 5.82 Å². The fourth-order valence-electron chi connectivity index (χ4n) is 2.59. The Labute approximate surface area is 140 Å². The zero-order valence-electron chi connectivity index (χ0n) is 14.1. The first kappa shape index (κ1) is 17.7. The van der Waals surface area contributed by atoms with Crippen LogP contribution in [0.3, 0.4) is 0 Å². The average Bonchev–Trinajstić information content (AvgIpc) is 2.59. The highest BCUT2D eigenvalue weighted by molar-refractivity contribution is 5.98. The average molecular weight is 333 g/mol. The molecule has 0 fully saturated rings. The molecule has 1 aromatic rings. The summed E-state index contributed by atoms with van der Waals surface area (Å²) in [4.78, 5) is 26.2. The number of methoxy groups -OCH3 is 2. The summed E-state index contributed by atoms with van der Waals surface area (Å²) in [5, 5.41) is 0. The number of hydrogen-bond acceptors (Lipinski definition) is 5. The molecule has 5 nitrogen and oxygen atoms in total. The van der Waals surface area contributed by atoms with Gasteiger partial charge in [0.25, 0.3) is 0 Å². The van der Waals surface area contributed by atoms with Gasteiger partial charge in [-0.2, -0.15) is 0 Å². The number of rotatable bonds is 4. The number of halogens is 1. The molecule has 1 aromatic carbocycles. The maximum absolute atomic E-state index is 14.3. The molecule has 0 unspecified atom stereocenters. The Hall–Kier alpha value is -2.63. The topological polar surface area (TPSA) is 55.8 Å². The second kappa shape index (κ2) is 7.29. The smallest absolute Gasteiger partial charge is 0.336 e. The minimum Gasteiger partial charge on any atom is -0.466 e. The van der Waals surface area contributed by atoms with Crippen molar-refractivity contribution in [1.82, 2.24) is 4.90 Å². The Kier molecular flexibility index (Phi) is 5.39. The lowest BCUT2D eigenvalue weighted by Crippen LogP contribution is -2.32. The van der Waals surface area contributed by atoms with Crippen molar-refractivity contribution in [3.63, 3.8) is 0 Å². The standard InChI is InChI=1S/C18H20FNO4/c1-11(2)20-9-13(17(21)23-3)16(14(10-20)18(22)24-4)12-7-5-6-8-15(12)19/h5-11,16H,1-4H3. The van der Waals surface area contributed by atoms with Gasteiger partial charge in [0.1, 0.15) is 5.82 Å². The molecule has 0 aromatic heterocycles. The second-order valence-electron chi connectivity index (χ2n) is 5.65. The molecule has 0 amide bonds. The molecule has 0 atom stereocenters. The molecular formula is C18H20FNO4. The van der Waals surface area contributed by atoms with E-state index in [4.69, 9.17) is 9.47 Å². The van der Waals surface area contributed by atoms with E-state index in [1.54, 1.807) is 35.5 Å². The SMILES string of the molecule is COC(=O)C1=CN(C(C)C)C=C(C(=O)OC)C1c1ccccc1F. The Morgan fingerprint density at radius 2 is 1.54 bits per heavy atom. The number of esters is 2. The van der Waals surface area contributed by atoms with Gasteiger partial charge >= 0.3 is 11.9 Å². The van der Waals surface area contributed by atoms with Crippen molar-refractivity contribution < 1.29 is 23.5 Å². The third kappa shape index (κ3) is 3.32. The van der Waals surface area contributed by atoms with Crippen LogP contribution in [-0.4, -0.2) is 37.1 Å². The predicted molar refractivity (Wildman–Crippen MR) is 86.3 cm³/mol. The minimum absolute atomic E-state index is 0.00844. The van der Waals surface area contributed by atoms with Crippen LogP contribution < -0.4 is 0 Å². The molecule has 128 valence electrons. The van der Waals surface area contributed by atoms with E-state index in [-0.39, 0.29) is 22.8 Å². The van der Waals surface area contributed by atoms with Crippen LogP contribution in [-0.2, 0) is 19.1 Å². The first-order valence-electron chi connectivity index (χ1n) is 7.52. The number of carbonyl (C=O) groups is 2. The summed E-state index contributed by atoms with van der Waals surface area (Å²) in [5.74, 6) is -2.64. The van der Waals surface area contributed by atoms with E-state index in [0.717, 1.165) is 0 Å². The summed E-state index contributed by atoms with van der Waals surface area (Å²) < 4.78 is 24.0. The molecule has 0 radical (unpaired) electrons. The van der Waals surface area contributed by atoms with E-state index >= 15 is 0 Å². The lowest BCUT2D eigenvalue weighted by Gasteiger charge is -2.32. The molecule has 0 bridgehead atoms. The highest BCUT2D eigenvalue weighted by Crippen LogP contribution is 2.38. The summed E-state index contributed by atoms with van der Waals surface area (Å²) in [7, 11) is 2.49. The van der Waals surface area contributed by atoms with Gasteiger partial charge in [-0.05, 0) is 19.9 Å². The number of hydrogen-bond donors (Lipinski definition) is 0. The van der Waals surface area contributed by atoms with Crippen LogP contribution in [0.1, 0.15) is 25.3 Å². The monoisotopic (exact) mass is 333 g/mol. The highest BCUT2D eigenvalue weighted by atomic mass is 19.1. The van der Waals surface area contributed by atoms with E-state index in [2.05, 4.69) is 0 Å². The Balaban J connectivity index is 2.66. The van der Waals surface area contributed by atoms with Crippen LogP contribution in [0.2, 0.25) is 0 Å². The summed E-state index contributed by atoms with van der Waals surface area (Å²) in [6.07, 6.45) is 3.17. The molecule has 24 heavy (non-hydrogen) atoms. The Morgan fingerprint density at radius 3 is 1.96 bits per heavy atom. The molecular weight excluding hydrogens is 313 g/mol. The molecule has 0 spiro atoms. The van der Waals surface area contributed by atoms with Crippen molar-refractivity contribution in [1.29, 1.82) is 0 Å². The molecule has 1 aliphatic rings. The largest absolute Gasteiger partial charge is 0.466 e. The van der Waals surface area contributed by atoms with Crippen LogP contribution >= 0.6 is 0 Å². The molecule has 1 aliphatic heterocycles. The quantitative estimate of drug-likeness (QED) is 0.793. The summed E-state index contributed by atoms with van der Waals surface area (Å²) >= 11 is 0. The minimum atomic E-state index is -0.888. The molecule has 2 rings (SSSR count). The second-order valence-corrected chi connectivity index (χ2v) is 5.65. The van der Waals surface area contributed by atoms with E-state index in [9.17, 15) is 14.0 Å². The zero-order chi connectivity index (χ0) is 17.9. The highest BCUT2D eigenvalue weighted by Gasteiger charge is 2.36. The van der Waals surface area contributed by atoms with Crippen molar-refractivity contribution in [2.75, 3.05) is 14.2 Å². The van der Waals surface area contributed by atoms with Gasteiger partial charge in [0, 0.05) is 24.0 Å². The van der Waals surface area contributed by atoms with Gasteiger partial charge in [-0.3, -0.25) is 0 Å². The van der Waals surface area contributed by atoms with Gasteiger partial charge in [-0.1, -0.05) is 18.2 Å². The molecule has 6 heteroatoms. The van der Waals surface area contributed by atoms with Crippen molar-refractivity contribution in [3.05, 3.63) is 59.2 Å². The van der Waals surface area contributed by atoms with E-state index < -0.39 is 23.7 Å². The van der Waals surface area contributed by atoms with Gasteiger partial charge in [0.15, 0.2) is 0 Å². The summed E-state index contributed by atoms with van der Waals surface area (Å²) in [6, 6.07) is 6.01. The van der Waals surface area contributed by atoms with Crippen LogP contribution in [0.4, 0.5) is 4.39 Å². The number of ether oxygens (including phenoxy) is 2. The van der Waals surface area contributed by atoms with Crippen molar-refractivity contribution >= 4 is 11.9 Å². The number of benzene rings is 1. The van der Waals surface area contributed by atoms with E-state index in [0.29, 0.717) is 0 Å². The Morgan fingerprint density at radius 1 is 1.04 bits per heavy atom. The van der Waals surface area contributed by atoms with Crippen molar-refractivity contribution in [3.8, 4) is 0 Å². The number of nitrogens with zero attached hydrogens (tertiary/aromatic N) is 1. The van der Waals surface area contributed by atoms with Crippen LogP contribution in [0.25, 0.3) is 0 Å². The van der Waals surface area contributed by atoms with Gasteiger partial charge in [0.2, 0.25) is 0 Å². The van der Waals surface area contributed by atoms with E-state index in [1.165, 1.54) is 20.3 Å². The van der Waals surface area contributed by atoms with Gasteiger partial charge in [0.05, 0.1) is 31.3 Å². The van der Waals surface area contributed by atoms with Crippen molar-refractivity contribution in [2.24, 2.45) is 0 Å². The van der Waals surface area contributed by atoms with Gasteiger partial charge in [-0.15, -0.1) is 0 Å². The number of carbonyl (C=O) groups excluding carboxylic acids is 2. The first-order chi connectivity index (χ1) is 11.4. The summed E-state index contributed by atoms with van der Waals surface area (Å²) in [5.41, 5.74) is 0.576. The third-order valence-electron chi connectivity index (χ3n) is 3.85. The fourth-order valence-corrected chi connectivity index (χ4v) is 2.59. The molecule has 1 heterocycles. The first-order valence-corrected chi connectivity index (χ1v) is 7.52. The van der Waals surface area contributed by atoms with Gasteiger partial charge in [-0.25, -0.2) is 14.0 Å². The third-order valence-corrected chi connectivity index (χ3v) is 3.85. The predicted octanol–water partition coefficient (Wildman–Crippen LogP) is 2.75. The fraction of sp³-hybridized carbons (Fsp3) is 0.333. The Bertz CT molecular complexity index is 675. The molecule has 0 aliphatic carbocycles. The van der Waals surface area contributed by atoms with Crippen LogP contribution in [0.15, 0.2) is 47.8 Å². The normalized spacial score (nSPS) is 15.0. The lowest BCUT2D eigenvalue weighted by molar-refractivity contribution is -0.137. The maximum Gasteiger partial charge on any atom is 0.336 e. The van der Waals surface area contributed by atoms with E-state index in [1.807, 2.05) is 13.8 Å². The maximum atomic E-state index is 14.3. The van der Waals surface area contributed by atoms with Crippen LogP contribution in [0.5, 0.6) is 0 Å². The lowest BCUT2D eigenvalue weighted by atomic mass is 9.83. The van der Waals surface area contributed by atoms with Crippen molar-refractivity contribution in [2.45, 2.75) is 25.8 Å². The molecule has 0 saturated heterocycles. The molecule has 0 saturated carbocycles. The molecule has 0 N–H and O–H groups in total.